The Morgan fingerprint density at radius 1 is 1.09 bits per heavy atom. The lowest BCUT2D eigenvalue weighted by Crippen LogP contribution is -2.58. The van der Waals surface area contributed by atoms with Crippen LogP contribution in [0.25, 0.3) is 0 Å². The van der Waals surface area contributed by atoms with Crippen molar-refractivity contribution in [2.75, 3.05) is 51.6 Å². The molecule has 0 aromatic rings. The average molecular weight is 493 g/mol. The van der Waals surface area contributed by atoms with Gasteiger partial charge in [0.2, 0.25) is 17.7 Å². The molecule has 3 N–H and O–H groups in total. The molecule has 0 aliphatic carbocycles. The standard InChI is InChI=1S/C24H40N6O3S/c31-22(29-11-9-28(10-12-29)21-5-1-2-8-25-21)7-6-18-15-26-23(32)19-14-17(16-30(18)19)27-24(33)20-4-3-13-34-20/h17-21,25H,1-16H2,(H,26,32)(H,27,33). The number of piperidine rings is 1. The summed E-state index contributed by atoms with van der Waals surface area (Å²) in [5.41, 5.74) is 0. The van der Waals surface area contributed by atoms with Crippen LogP contribution in [0.1, 0.15) is 51.4 Å². The van der Waals surface area contributed by atoms with Gasteiger partial charge >= 0.3 is 0 Å². The smallest absolute Gasteiger partial charge is 0.237 e. The summed E-state index contributed by atoms with van der Waals surface area (Å²) in [7, 11) is 0. The van der Waals surface area contributed by atoms with Gasteiger partial charge in [0, 0.05) is 57.8 Å². The van der Waals surface area contributed by atoms with E-state index < -0.39 is 0 Å². The second kappa shape index (κ2) is 11.1. The summed E-state index contributed by atoms with van der Waals surface area (Å²) in [5.74, 6) is 1.47. The first kappa shape index (κ1) is 24.3. The molecule has 5 atom stereocenters. The van der Waals surface area contributed by atoms with Gasteiger partial charge in [-0.2, -0.15) is 0 Å². The summed E-state index contributed by atoms with van der Waals surface area (Å²) in [6, 6.07) is -0.0220. The van der Waals surface area contributed by atoms with Gasteiger partial charge in [-0.3, -0.25) is 24.2 Å². The van der Waals surface area contributed by atoms with Crippen molar-refractivity contribution in [3.05, 3.63) is 0 Å². The predicted octanol–water partition coefficient (Wildman–Crippen LogP) is -0.0365. The molecule has 0 aromatic carbocycles. The van der Waals surface area contributed by atoms with E-state index in [0.29, 0.717) is 32.1 Å². The van der Waals surface area contributed by atoms with Crippen molar-refractivity contribution in [1.82, 2.24) is 30.7 Å². The number of hydrogen-bond donors (Lipinski definition) is 3. The third kappa shape index (κ3) is 5.55. The zero-order chi connectivity index (χ0) is 23.5. The summed E-state index contributed by atoms with van der Waals surface area (Å²) in [6.07, 6.45) is 8.22. The van der Waals surface area contributed by atoms with Crippen molar-refractivity contribution in [3.63, 3.8) is 0 Å². The fraction of sp³-hybridized carbons (Fsp3) is 0.875. The molecule has 9 nitrogen and oxygen atoms in total. The van der Waals surface area contributed by atoms with Crippen LogP contribution >= 0.6 is 11.8 Å². The van der Waals surface area contributed by atoms with Gasteiger partial charge in [-0.1, -0.05) is 0 Å². The minimum atomic E-state index is -0.193. The minimum Gasteiger partial charge on any atom is -0.353 e. The number of rotatable bonds is 6. The van der Waals surface area contributed by atoms with Gasteiger partial charge in [-0.05, 0) is 57.2 Å². The van der Waals surface area contributed by atoms with E-state index in [2.05, 4.69) is 25.8 Å². The quantitative estimate of drug-likeness (QED) is 0.479. The Hall–Kier alpha value is -1.36. The number of fused-ring (bicyclic) bond motifs is 1. The van der Waals surface area contributed by atoms with Crippen molar-refractivity contribution >= 4 is 29.5 Å². The lowest BCUT2D eigenvalue weighted by molar-refractivity contribution is -0.134. The lowest BCUT2D eigenvalue weighted by Gasteiger charge is -2.41. The molecule has 10 heteroatoms. The van der Waals surface area contributed by atoms with Crippen LogP contribution in [0.4, 0.5) is 0 Å². The number of amides is 3. The van der Waals surface area contributed by atoms with Gasteiger partial charge in [0.25, 0.3) is 0 Å². The van der Waals surface area contributed by atoms with Crippen molar-refractivity contribution in [3.8, 4) is 0 Å². The molecule has 3 amide bonds. The van der Waals surface area contributed by atoms with Gasteiger partial charge in [-0.15, -0.1) is 11.8 Å². The second-order valence-electron chi connectivity index (χ2n) is 10.5. The number of piperazine rings is 2. The van der Waals surface area contributed by atoms with E-state index in [1.54, 1.807) is 11.8 Å². The van der Waals surface area contributed by atoms with E-state index in [4.69, 9.17) is 0 Å². The molecule has 5 aliphatic rings. The van der Waals surface area contributed by atoms with Crippen LogP contribution in [0.3, 0.4) is 0 Å². The maximum Gasteiger partial charge on any atom is 0.237 e. The average Bonchev–Trinajstić information content (AvgIpc) is 3.55. The Kier molecular flexibility index (Phi) is 7.97. The van der Waals surface area contributed by atoms with Crippen LogP contribution in [0.15, 0.2) is 0 Å². The molecule has 5 unspecified atom stereocenters. The Morgan fingerprint density at radius 2 is 1.94 bits per heavy atom. The van der Waals surface area contributed by atoms with E-state index in [1.165, 1.54) is 19.3 Å². The fourth-order valence-electron chi connectivity index (χ4n) is 6.30. The second-order valence-corrected chi connectivity index (χ2v) is 11.8. The van der Waals surface area contributed by atoms with E-state index in [-0.39, 0.29) is 41.1 Å². The van der Waals surface area contributed by atoms with Gasteiger partial charge in [0.05, 0.1) is 17.5 Å². The van der Waals surface area contributed by atoms with Gasteiger partial charge in [0.15, 0.2) is 0 Å². The van der Waals surface area contributed by atoms with Crippen LogP contribution < -0.4 is 16.0 Å². The Morgan fingerprint density at radius 3 is 2.68 bits per heavy atom. The number of nitrogens with one attached hydrogen (secondary N) is 3. The van der Waals surface area contributed by atoms with Crippen LogP contribution in [-0.2, 0) is 14.4 Å². The largest absolute Gasteiger partial charge is 0.353 e. The highest BCUT2D eigenvalue weighted by atomic mass is 32.2. The normalized spacial score (nSPS) is 35.1. The third-order valence-corrected chi connectivity index (χ3v) is 9.65. The summed E-state index contributed by atoms with van der Waals surface area (Å²) >= 11 is 1.74. The predicted molar refractivity (Wildman–Crippen MR) is 132 cm³/mol. The molecule has 5 aliphatic heterocycles. The molecule has 0 spiro atoms. The zero-order valence-corrected chi connectivity index (χ0v) is 21.0. The number of thioether (sulfide) groups is 1. The van der Waals surface area contributed by atoms with E-state index in [1.807, 2.05) is 4.90 Å². The summed E-state index contributed by atoms with van der Waals surface area (Å²) in [4.78, 5) is 44.8. The van der Waals surface area contributed by atoms with Crippen LogP contribution in [0, 0.1) is 0 Å². The Bertz CT molecular complexity index is 749. The topological polar surface area (TPSA) is 97.0 Å². The van der Waals surface area contributed by atoms with Gasteiger partial charge in [0.1, 0.15) is 0 Å². The van der Waals surface area contributed by atoms with Crippen LogP contribution in [0.2, 0.25) is 0 Å². The molecule has 0 bridgehead atoms. The van der Waals surface area contributed by atoms with E-state index >= 15 is 0 Å². The minimum absolute atomic E-state index is 0.0159. The first-order chi connectivity index (χ1) is 16.6. The molecule has 190 valence electrons. The van der Waals surface area contributed by atoms with Crippen molar-refractivity contribution < 1.29 is 14.4 Å². The number of carbonyl (C=O) groups is 3. The molecular weight excluding hydrogens is 452 g/mol. The summed E-state index contributed by atoms with van der Waals surface area (Å²) in [6.45, 7) is 5.88. The Labute approximate surface area is 207 Å². The molecule has 0 saturated carbocycles. The SMILES string of the molecule is O=C(NC1CC2C(=O)NCC(CCC(=O)N3CCN(C4CCCCN4)CC3)N2C1)C1CCCS1. The fourth-order valence-corrected chi connectivity index (χ4v) is 7.47. The highest BCUT2D eigenvalue weighted by Gasteiger charge is 2.44. The highest BCUT2D eigenvalue weighted by molar-refractivity contribution is 8.00. The molecule has 0 radical (unpaired) electrons. The molecule has 5 fully saturated rings. The summed E-state index contributed by atoms with van der Waals surface area (Å²) < 4.78 is 0. The van der Waals surface area contributed by atoms with Crippen molar-refractivity contribution in [1.29, 1.82) is 0 Å². The highest BCUT2D eigenvalue weighted by Crippen LogP contribution is 2.29. The number of nitrogens with zero attached hydrogens (tertiary/aromatic N) is 3. The van der Waals surface area contributed by atoms with Gasteiger partial charge in [-0.25, -0.2) is 0 Å². The lowest BCUT2D eigenvalue weighted by atomic mass is 10.0. The van der Waals surface area contributed by atoms with Crippen molar-refractivity contribution in [2.24, 2.45) is 0 Å². The first-order valence-electron chi connectivity index (χ1n) is 13.3. The van der Waals surface area contributed by atoms with Crippen LogP contribution in [0.5, 0.6) is 0 Å². The maximum atomic E-state index is 13.0. The Balaban J connectivity index is 1.08. The first-order valence-corrected chi connectivity index (χ1v) is 14.3. The maximum absolute atomic E-state index is 13.0. The third-order valence-electron chi connectivity index (χ3n) is 8.27. The molecule has 5 saturated heterocycles. The number of carbonyl (C=O) groups excluding carboxylic acids is 3. The van der Waals surface area contributed by atoms with Gasteiger partial charge < -0.3 is 20.9 Å². The number of hydrogen-bond acceptors (Lipinski definition) is 7. The molecule has 34 heavy (non-hydrogen) atoms. The molecule has 5 rings (SSSR count). The zero-order valence-electron chi connectivity index (χ0n) is 20.2. The molecule has 5 heterocycles. The van der Waals surface area contributed by atoms with Crippen LogP contribution in [-0.4, -0.2) is 114 Å². The summed E-state index contributed by atoms with van der Waals surface area (Å²) in [5, 5.41) is 9.92. The molecule has 0 aromatic heterocycles. The monoisotopic (exact) mass is 492 g/mol. The van der Waals surface area contributed by atoms with E-state index in [9.17, 15) is 14.4 Å². The van der Waals surface area contributed by atoms with E-state index in [0.717, 1.165) is 57.7 Å². The van der Waals surface area contributed by atoms with Crippen molar-refractivity contribution in [2.45, 2.75) is 80.9 Å². The molecular formula is C24H40N6O3S.